The van der Waals surface area contributed by atoms with Gasteiger partial charge in [-0.3, -0.25) is 9.52 Å². The number of carbonyl (C=O) groups is 1. The number of amides is 1. The Morgan fingerprint density at radius 1 is 1.07 bits per heavy atom. The van der Waals surface area contributed by atoms with Gasteiger partial charge in [-0.2, -0.15) is 0 Å². The number of aryl methyl sites for hydroxylation is 2. The number of rotatable bonds is 8. The molecule has 0 spiro atoms. The first-order valence-corrected chi connectivity index (χ1v) is 11.5. The highest BCUT2D eigenvalue weighted by Gasteiger charge is 2.13. The first-order chi connectivity index (χ1) is 12.7. The van der Waals surface area contributed by atoms with Gasteiger partial charge in [-0.05, 0) is 56.5 Å². The molecule has 0 heterocycles. The fraction of sp³-hybridized carbons (Fsp3) is 0.350. The zero-order chi connectivity index (χ0) is 20.0. The van der Waals surface area contributed by atoms with Gasteiger partial charge in [0, 0.05) is 10.6 Å². The lowest BCUT2D eigenvalue weighted by Crippen LogP contribution is -2.18. The van der Waals surface area contributed by atoms with Crippen molar-refractivity contribution in [2.75, 3.05) is 21.5 Å². The molecular formula is C20H26N2O3S2. The van der Waals surface area contributed by atoms with Crippen LogP contribution in [-0.4, -0.2) is 25.8 Å². The molecule has 0 bridgehead atoms. The molecule has 7 heteroatoms. The van der Waals surface area contributed by atoms with Crippen LogP contribution in [0.25, 0.3) is 0 Å². The molecule has 0 radical (unpaired) electrons. The third-order valence-corrected chi connectivity index (χ3v) is 6.68. The highest BCUT2D eigenvalue weighted by molar-refractivity contribution is 8.00. The molecule has 0 aliphatic carbocycles. The number of sulfonamides is 1. The normalized spacial score (nSPS) is 11.3. The van der Waals surface area contributed by atoms with Crippen molar-refractivity contribution in [2.45, 2.75) is 39.0 Å². The first-order valence-electron chi connectivity index (χ1n) is 8.82. The predicted molar refractivity (Wildman–Crippen MR) is 114 cm³/mol. The predicted octanol–water partition coefficient (Wildman–Crippen LogP) is 4.49. The van der Waals surface area contributed by atoms with Crippen molar-refractivity contribution in [1.29, 1.82) is 0 Å². The average Bonchev–Trinajstić information content (AvgIpc) is 2.59. The van der Waals surface area contributed by atoms with Gasteiger partial charge in [0.2, 0.25) is 15.9 Å². The number of hydrogen-bond donors (Lipinski definition) is 2. The number of anilines is 2. The van der Waals surface area contributed by atoms with E-state index in [1.54, 1.807) is 25.1 Å². The lowest BCUT2D eigenvalue weighted by molar-refractivity contribution is -0.113. The summed E-state index contributed by atoms with van der Waals surface area (Å²) < 4.78 is 26.6. The number of hydrogen-bond acceptors (Lipinski definition) is 4. The van der Waals surface area contributed by atoms with E-state index in [2.05, 4.69) is 16.1 Å². The molecule has 0 fully saturated rings. The summed E-state index contributed by atoms with van der Waals surface area (Å²) in [4.78, 5) is 13.4. The molecule has 0 saturated heterocycles. The zero-order valence-electron chi connectivity index (χ0n) is 16.1. The van der Waals surface area contributed by atoms with E-state index in [0.29, 0.717) is 23.4 Å². The van der Waals surface area contributed by atoms with Crippen molar-refractivity contribution in [2.24, 2.45) is 0 Å². The highest BCUT2D eigenvalue weighted by Crippen LogP contribution is 2.26. The van der Waals surface area contributed by atoms with Gasteiger partial charge in [0.1, 0.15) is 0 Å². The number of benzene rings is 2. The van der Waals surface area contributed by atoms with Crippen LogP contribution in [0, 0.1) is 20.8 Å². The Labute approximate surface area is 166 Å². The largest absolute Gasteiger partial charge is 0.325 e. The second-order valence-corrected chi connectivity index (χ2v) is 9.36. The SMILES string of the molecule is CCCS(=O)(=O)Nc1cccc(NC(=O)CSc2cc(C)ccc2C)c1C. The number of nitrogens with one attached hydrogen (secondary N) is 2. The summed E-state index contributed by atoms with van der Waals surface area (Å²) in [5.74, 6) is 0.225. The minimum absolute atomic E-state index is 0.0650. The first kappa shape index (κ1) is 21.3. The van der Waals surface area contributed by atoms with Gasteiger partial charge in [-0.1, -0.05) is 30.7 Å². The van der Waals surface area contributed by atoms with E-state index in [9.17, 15) is 13.2 Å². The van der Waals surface area contributed by atoms with E-state index in [1.807, 2.05) is 32.9 Å². The van der Waals surface area contributed by atoms with Gasteiger partial charge in [-0.25, -0.2) is 8.42 Å². The van der Waals surface area contributed by atoms with Gasteiger partial charge in [-0.15, -0.1) is 11.8 Å². The van der Waals surface area contributed by atoms with Crippen LogP contribution >= 0.6 is 11.8 Å². The molecule has 0 unspecified atom stereocenters. The third-order valence-electron chi connectivity index (χ3n) is 4.05. The molecule has 2 aromatic rings. The highest BCUT2D eigenvalue weighted by atomic mass is 32.2. The molecule has 0 saturated carbocycles. The third kappa shape index (κ3) is 6.29. The summed E-state index contributed by atoms with van der Waals surface area (Å²) in [6, 6.07) is 11.4. The standard InChI is InChI=1S/C20H26N2O3S2/c1-5-11-27(24,25)22-18-8-6-7-17(16(18)4)21-20(23)13-26-19-12-14(2)9-10-15(19)3/h6-10,12,22H,5,11,13H2,1-4H3,(H,21,23). The number of thioether (sulfide) groups is 1. The maximum atomic E-state index is 12.4. The van der Waals surface area contributed by atoms with Crippen LogP contribution < -0.4 is 10.0 Å². The van der Waals surface area contributed by atoms with Crippen molar-refractivity contribution >= 4 is 39.1 Å². The number of carbonyl (C=O) groups excluding carboxylic acids is 1. The maximum Gasteiger partial charge on any atom is 0.234 e. The Hall–Kier alpha value is -1.99. The molecular weight excluding hydrogens is 380 g/mol. The van der Waals surface area contributed by atoms with Crippen LogP contribution in [0.15, 0.2) is 41.3 Å². The molecule has 0 atom stereocenters. The molecule has 5 nitrogen and oxygen atoms in total. The average molecular weight is 407 g/mol. The Morgan fingerprint density at radius 2 is 1.78 bits per heavy atom. The summed E-state index contributed by atoms with van der Waals surface area (Å²) in [5.41, 5.74) is 4.09. The van der Waals surface area contributed by atoms with Crippen LogP contribution in [0.3, 0.4) is 0 Å². The van der Waals surface area contributed by atoms with E-state index < -0.39 is 10.0 Å². The molecule has 0 aliphatic heterocycles. The van der Waals surface area contributed by atoms with Gasteiger partial charge >= 0.3 is 0 Å². The molecule has 2 rings (SSSR count). The van der Waals surface area contributed by atoms with Gasteiger partial charge in [0.15, 0.2) is 0 Å². The second-order valence-electron chi connectivity index (χ2n) is 6.50. The topological polar surface area (TPSA) is 75.3 Å². The van der Waals surface area contributed by atoms with E-state index in [1.165, 1.54) is 11.8 Å². The maximum absolute atomic E-state index is 12.4. The van der Waals surface area contributed by atoms with Gasteiger partial charge in [0.05, 0.1) is 17.2 Å². The smallest absolute Gasteiger partial charge is 0.234 e. The zero-order valence-corrected chi connectivity index (χ0v) is 17.8. The molecule has 0 aliphatic rings. The second kappa shape index (κ2) is 9.28. The minimum atomic E-state index is -3.37. The van der Waals surface area contributed by atoms with Crippen LogP contribution in [0.1, 0.15) is 30.0 Å². The molecule has 1 amide bonds. The Morgan fingerprint density at radius 3 is 2.48 bits per heavy atom. The quantitative estimate of drug-likeness (QED) is 0.633. The summed E-state index contributed by atoms with van der Waals surface area (Å²) in [7, 11) is -3.37. The van der Waals surface area contributed by atoms with Crippen molar-refractivity contribution in [1.82, 2.24) is 0 Å². The molecule has 27 heavy (non-hydrogen) atoms. The minimum Gasteiger partial charge on any atom is -0.325 e. The van der Waals surface area contributed by atoms with Crippen molar-refractivity contribution < 1.29 is 13.2 Å². The van der Waals surface area contributed by atoms with E-state index >= 15 is 0 Å². The Bertz CT molecular complexity index is 925. The molecule has 146 valence electrons. The summed E-state index contributed by atoms with van der Waals surface area (Å²) in [6.07, 6.45) is 0.542. The fourth-order valence-corrected chi connectivity index (χ4v) is 4.68. The monoisotopic (exact) mass is 406 g/mol. The lowest BCUT2D eigenvalue weighted by Gasteiger charge is -2.14. The molecule has 0 aromatic heterocycles. The van der Waals surface area contributed by atoms with E-state index in [4.69, 9.17) is 0 Å². The summed E-state index contributed by atoms with van der Waals surface area (Å²) in [5, 5.41) is 2.88. The van der Waals surface area contributed by atoms with Crippen LogP contribution in [0.5, 0.6) is 0 Å². The van der Waals surface area contributed by atoms with E-state index in [-0.39, 0.29) is 17.4 Å². The van der Waals surface area contributed by atoms with Crippen LogP contribution in [-0.2, 0) is 14.8 Å². The fourth-order valence-electron chi connectivity index (χ4n) is 2.56. The van der Waals surface area contributed by atoms with E-state index in [0.717, 1.165) is 16.0 Å². The Kier molecular flexibility index (Phi) is 7.33. The van der Waals surface area contributed by atoms with Crippen molar-refractivity contribution in [3.8, 4) is 0 Å². The van der Waals surface area contributed by atoms with Crippen LogP contribution in [0.2, 0.25) is 0 Å². The summed E-state index contributed by atoms with van der Waals surface area (Å²) >= 11 is 1.49. The van der Waals surface area contributed by atoms with Crippen molar-refractivity contribution in [3.63, 3.8) is 0 Å². The van der Waals surface area contributed by atoms with Gasteiger partial charge < -0.3 is 5.32 Å². The van der Waals surface area contributed by atoms with Gasteiger partial charge in [0.25, 0.3) is 0 Å². The Balaban J connectivity index is 2.05. The van der Waals surface area contributed by atoms with Crippen LogP contribution in [0.4, 0.5) is 11.4 Å². The summed E-state index contributed by atoms with van der Waals surface area (Å²) in [6.45, 7) is 7.65. The van der Waals surface area contributed by atoms with Crippen molar-refractivity contribution in [3.05, 3.63) is 53.1 Å². The molecule has 2 N–H and O–H groups in total. The lowest BCUT2D eigenvalue weighted by atomic mass is 10.1. The molecule has 2 aromatic carbocycles.